The molecule has 0 saturated heterocycles. The summed E-state index contributed by atoms with van der Waals surface area (Å²) in [6, 6.07) is 10.3. The molecule has 0 bridgehead atoms. The molecule has 2 aromatic carbocycles. The van der Waals surface area contributed by atoms with Crippen LogP contribution in [-0.2, 0) is 17.6 Å². The van der Waals surface area contributed by atoms with Crippen molar-refractivity contribution in [3.8, 4) is 11.5 Å². The number of benzene rings is 2. The van der Waals surface area contributed by atoms with Gasteiger partial charge in [-0.2, -0.15) is 0 Å². The van der Waals surface area contributed by atoms with Crippen molar-refractivity contribution in [2.45, 2.75) is 18.9 Å². The molecule has 0 aromatic heterocycles. The van der Waals surface area contributed by atoms with E-state index in [1.54, 1.807) is 36.4 Å². The Labute approximate surface area is 126 Å². The Morgan fingerprint density at radius 3 is 2.76 bits per heavy atom. The molecular formula is C16H13ClO4. The number of hydrogen-bond donors (Lipinski definition) is 2. The van der Waals surface area contributed by atoms with Crippen LogP contribution in [0.4, 0.5) is 0 Å². The first-order valence-electron chi connectivity index (χ1n) is 6.52. The van der Waals surface area contributed by atoms with Crippen LogP contribution in [0.5, 0.6) is 11.5 Å². The molecule has 0 unspecified atom stereocenters. The molecule has 0 aliphatic carbocycles. The highest BCUT2D eigenvalue weighted by molar-refractivity contribution is 6.30. The van der Waals surface area contributed by atoms with Gasteiger partial charge in [0.2, 0.25) is 0 Å². The first-order chi connectivity index (χ1) is 10.0. The van der Waals surface area contributed by atoms with E-state index >= 15 is 0 Å². The standard InChI is InChI=1S/C16H13ClO4/c17-11-2-4-14-10(7-11)8-13(18)12-5-9(6-16(19)20)1-3-15(12)21-14/h1-5,7,13,18H,6,8H2,(H,19,20)/t13-/m0/s1. The molecule has 2 N–H and O–H groups in total. The van der Waals surface area contributed by atoms with E-state index in [0.29, 0.717) is 34.1 Å². The van der Waals surface area contributed by atoms with Crippen molar-refractivity contribution in [3.63, 3.8) is 0 Å². The monoisotopic (exact) mass is 304 g/mol. The van der Waals surface area contributed by atoms with Crippen LogP contribution in [0.1, 0.15) is 22.8 Å². The van der Waals surface area contributed by atoms with Gasteiger partial charge in [0.25, 0.3) is 0 Å². The summed E-state index contributed by atoms with van der Waals surface area (Å²) in [5, 5.41) is 19.8. The minimum absolute atomic E-state index is 0.0845. The van der Waals surface area contributed by atoms with Gasteiger partial charge in [0.05, 0.1) is 12.5 Å². The van der Waals surface area contributed by atoms with Gasteiger partial charge in [0, 0.05) is 17.0 Å². The molecule has 1 aliphatic rings. The van der Waals surface area contributed by atoms with Gasteiger partial charge in [-0.3, -0.25) is 4.79 Å². The molecule has 3 rings (SSSR count). The number of rotatable bonds is 2. The van der Waals surface area contributed by atoms with Crippen molar-refractivity contribution in [1.82, 2.24) is 0 Å². The molecule has 21 heavy (non-hydrogen) atoms. The molecule has 2 aromatic rings. The van der Waals surface area contributed by atoms with E-state index in [1.807, 2.05) is 0 Å². The van der Waals surface area contributed by atoms with Crippen molar-refractivity contribution in [2.24, 2.45) is 0 Å². The second-order valence-corrected chi connectivity index (χ2v) is 5.45. The molecule has 0 amide bonds. The second-order valence-electron chi connectivity index (χ2n) is 5.02. The number of aliphatic hydroxyl groups is 1. The average Bonchev–Trinajstić information content (AvgIpc) is 2.54. The van der Waals surface area contributed by atoms with Gasteiger partial charge < -0.3 is 14.9 Å². The molecule has 1 atom stereocenters. The summed E-state index contributed by atoms with van der Waals surface area (Å²) >= 11 is 5.97. The minimum Gasteiger partial charge on any atom is -0.481 e. The van der Waals surface area contributed by atoms with Gasteiger partial charge >= 0.3 is 5.97 Å². The van der Waals surface area contributed by atoms with Crippen LogP contribution in [0, 0.1) is 0 Å². The Morgan fingerprint density at radius 2 is 2.00 bits per heavy atom. The van der Waals surface area contributed by atoms with E-state index in [2.05, 4.69) is 0 Å². The maximum absolute atomic E-state index is 10.8. The Kier molecular flexibility index (Phi) is 3.57. The third kappa shape index (κ3) is 2.86. The molecule has 108 valence electrons. The molecule has 5 heteroatoms. The predicted octanol–water partition coefficient (Wildman–Crippen LogP) is 3.35. The van der Waals surface area contributed by atoms with Crippen LogP contribution in [0.2, 0.25) is 5.02 Å². The van der Waals surface area contributed by atoms with Gasteiger partial charge in [-0.25, -0.2) is 0 Å². The lowest BCUT2D eigenvalue weighted by atomic mass is 9.99. The number of aliphatic hydroxyl groups excluding tert-OH is 1. The number of fused-ring (bicyclic) bond motifs is 2. The lowest BCUT2D eigenvalue weighted by molar-refractivity contribution is -0.136. The Hall–Kier alpha value is -2.04. The summed E-state index contributed by atoms with van der Waals surface area (Å²) in [7, 11) is 0. The number of hydrogen-bond acceptors (Lipinski definition) is 3. The fourth-order valence-corrected chi connectivity index (χ4v) is 2.67. The van der Waals surface area contributed by atoms with E-state index in [0.717, 1.165) is 5.56 Å². The highest BCUT2D eigenvalue weighted by atomic mass is 35.5. The predicted molar refractivity (Wildman–Crippen MR) is 78.0 cm³/mol. The molecule has 0 fully saturated rings. The van der Waals surface area contributed by atoms with Crippen molar-refractivity contribution < 1.29 is 19.7 Å². The summed E-state index contributed by atoms with van der Waals surface area (Å²) in [4.78, 5) is 10.8. The quantitative estimate of drug-likeness (QED) is 0.893. The molecule has 1 heterocycles. The van der Waals surface area contributed by atoms with Crippen molar-refractivity contribution in [3.05, 3.63) is 58.1 Å². The summed E-state index contributed by atoms with van der Waals surface area (Å²) in [6.07, 6.45) is -0.466. The van der Waals surface area contributed by atoms with Crippen LogP contribution in [0.3, 0.4) is 0 Å². The molecule has 1 aliphatic heterocycles. The van der Waals surface area contributed by atoms with Crippen molar-refractivity contribution in [1.29, 1.82) is 0 Å². The van der Waals surface area contributed by atoms with Crippen LogP contribution in [0.15, 0.2) is 36.4 Å². The van der Waals surface area contributed by atoms with E-state index in [1.165, 1.54) is 0 Å². The van der Waals surface area contributed by atoms with Gasteiger partial charge in [-0.05, 0) is 41.5 Å². The maximum Gasteiger partial charge on any atom is 0.307 e. The summed E-state index contributed by atoms with van der Waals surface area (Å²) in [5.41, 5.74) is 2.06. The number of halogens is 1. The zero-order valence-corrected chi connectivity index (χ0v) is 11.8. The second kappa shape index (κ2) is 5.39. The lowest BCUT2D eigenvalue weighted by Gasteiger charge is -2.12. The zero-order chi connectivity index (χ0) is 15.0. The third-order valence-corrected chi connectivity index (χ3v) is 3.68. The first-order valence-corrected chi connectivity index (χ1v) is 6.89. The van der Waals surface area contributed by atoms with Gasteiger partial charge in [-0.1, -0.05) is 17.7 Å². The zero-order valence-electron chi connectivity index (χ0n) is 11.0. The number of carboxylic acids is 1. The van der Waals surface area contributed by atoms with Crippen LogP contribution in [0.25, 0.3) is 0 Å². The lowest BCUT2D eigenvalue weighted by Crippen LogP contribution is -2.04. The van der Waals surface area contributed by atoms with Gasteiger partial charge in [0.1, 0.15) is 11.5 Å². The molecule has 0 saturated carbocycles. The first kappa shape index (κ1) is 13.9. The molecule has 0 spiro atoms. The number of ether oxygens (including phenoxy) is 1. The van der Waals surface area contributed by atoms with E-state index in [-0.39, 0.29) is 6.42 Å². The average molecular weight is 305 g/mol. The Morgan fingerprint density at radius 1 is 1.24 bits per heavy atom. The van der Waals surface area contributed by atoms with Crippen molar-refractivity contribution >= 4 is 17.6 Å². The highest BCUT2D eigenvalue weighted by Crippen LogP contribution is 2.39. The normalized spacial score (nSPS) is 16.4. The van der Waals surface area contributed by atoms with Crippen LogP contribution >= 0.6 is 11.6 Å². The van der Waals surface area contributed by atoms with Gasteiger partial charge in [0.15, 0.2) is 0 Å². The van der Waals surface area contributed by atoms with Crippen LogP contribution in [-0.4, -0.2) is 16.2 Å². The van der Waals surface area contributed by atoms with Crippen molar-refractivity contribution in [2.75, 3.05) is 0 Å². The topological polar surface area (TPSA) is 66.8 Å². The highest BCUT2D eigenvalue weighted by Gasteiger charge is 2.22. The summed E-state index contributed by atoms with van der Waals surface area (Å²) in [5.74, 6) is 0.287. The van der Waals surface area contributed by atoms with E-state index in [9.17, 15) is 9.90 Å². The summed E-state index contributed by atoms with van der Waals surface area (Å²) < 4.78 is 5.82. The number of carboxylic acid groups (broad SMARTS) is 1. The number of aliphatic carboxylic acids is 1. The Bertz CT molecular complexity index is 711. The largest absolute Gasteiger partial charge is 0.481 e. The fraction of sp³-hybridized carbons (Fsp3) is 0.188. The maximum atomic E-state index is 10.8. The summed E-state index contributed by atoms with van der Waals surface area (Å²) in [6.45, 7) is 0. The van der Waals surface area contributed by atoms with Crippen LogP contribution < -0.4 is 4.74 Å². The minimum atomic E-state index is -0.908. The Balaban J connectivity index is 2.02. The SMILES string of the molecule is O=C(O)Cc1ccc2c(c1)[C@@H](O)Cc1cc(Cl)ccc1O2. The fourth-order valence-electron chi connectivity index (χ4n) is 2.48. The van der Waals surface area contributed by atoms with E-state index < -0.39 is 12.1 Å². The molecule has 0 radical (unpaired) electrons. The molecular weight excluding hydrogens is 292 g/mol. The molecule has 4 nitrogen and oxygen atoms in total. The smallest absolute Gasteiger partial charge is 0.307 e. The van der Waals surface area contributed by atoms with E-state index in [4.69, 9.17) is 21.4 Å². The number of carbonyl (C=O) groups is 1. The third-order valence-electron chi connectivity index (χ3n) is 3.44. The van der Waals surface area contributed by atoms with Gasteiger partial charge in [-0.15, -0.1) is 0 Å².